The molecule has 1 unspecified atom stereocenters. The largest absolute Gasteiger partial charge is 0.392 e. The van der Waals surface area contributed by atoms with Gasteiger partial charge in [-0.2, -0.15) is 0 Å². The molecule has 1 aliphatic heterocycles. The second-order valence-electron chi connectivity index (χ2n) is 4.02. The molecule has 0 saturated carbocycles. The molecule has 1 rings (SSSR count). The lowest BCUT2D eigenvalue weighted by molar-refractivity contribution is 0.243. The van der Waals surface area contributed by atoms with Crippen LogP contribution in [0.4, 0.5) is 0 Å². The molecule has 0 radical (unpaired) electrons. The number of nitrogens with zero attached hydrogens (tertiary/aromatic N) is 2. The zero-order valence-electron chi connectivity index (χ0n) is 9.20. The van der Waals surface area contributed by atoms with Crippen molar-refractivity contribution in [3.63, 3.8) is 0 Å². The molecule has 0 aromatic carbocycles. The maximum Gasteiger partial charge on any atom is 0.0901 e. The van der Waals surface area contributed by atoms with Crippen molar-refractivity contribution in [2.24, 2.45) is 5.73 Å². The van der Waals surface area contributed by atoms with E-state index in [2.05, 4.69) is 23.8 Å². The van der Waals surface area contributed by atoms with E-state index in [1.54, 1.807) is 0 Å². The molecule has 1 fully saturated rings. The van der Waals surface area contributed by atoms with E-state index in [4.69, 9.17) is 18.0 Å². The van der Waals surface area contributed by atoms with E-state index in [1.165, 1.54) is 13.0 Å². The van der Waals surface area contributed by atoms with Crippen LogP contribution in [0.3, 0.4) is 0 Å². The van der Waals surface area contributed by atoms with Crippen molar-refractivity contribution in [3.05, 3.63) is 0 Å². The molecule has 4 heteroatoms. The number of hydrogen-bond acceptors (Lipinski definition) is 3. The topological polar surface area (TPSA) is 32.5 Å². The Morgan fingerprint density at radius 1 is 1.36 bits per heavy atom. The van der Waals surface area contributed by atoms with Gasteiger partial charge in [0.15, 0.2) is 0 Å². The van der Waals surface area contributed by atoms with Gasteiger partial charge in [-0.15, -0.1) is 0 Å². The Bertz CT molecular complexity index is 196. The van der Waals surface area contributed by atoms with Gasteiger partial charge in [0.25, 0.3) is 0 Å². The molecular formula is C10H21N3S. The molecule has 0 spiro atoms. The van der Waals surface area contributed by atoms with Crippen molar-refractivity contribution in [1.29, 1.82) is 0 Å². The normalized spacial score (nSPS) is 23.0. The van der Waals surface area contributed by atoms with Gasteiger partial charge in [-0.1, -0.05) is 19.1 Å². The van der Waals surface area contributed by atoms with Crippen molar-refractivity contribution >= 4 is 17.2 Å². The van der Waals surface area contributed by atoms with Gasteiger partial charge in [0.2, 0.25) is 0 Å². The quantitative estimate of drug-likeness (QED) is 0.702. The highest BCUT2D eigenvalue weighted by Gasteiger charge is 2.21. The minimum atomic E-state index is 0.302. The van der Waals surface area contributed by atoms with Gasteiger partial charge < -0.3 is 10.6 Å². The molecule has 82 valence electrons. The highest BCUT2D eigenvalue weighted by Crippen LogP contribution is 2.09. The number of nitrogens with two attached hydrogens (primary N) is 1. The Kier molecular flexibility index (Phi) is 4.78. The maximum absolute atomic E-state index is 5.74. The lowest BCUT2D eigenvalue weighted by Crippen LogP contribution is -2.45. The molecule has 14 heavy (non-hydrogen) atoms. The summed E-state index contributed by atoms with van der Waals surface area (Å²) in [6.07, 6.45) is 2.24. The molecule has 3 nitrogen and oxygen atoms in total. The monoisotopic (exact) mass is 215 g/mol. The van der Waals surface area contributed by atoms with E-state index in [0.717, 1.165) is 26.1 Å². The van der Waals surface area contributed by atoms with Crippen LogP contribution >= 0.6 is 12.2 Å². The van der Waals surface area contributed by atoms with Gasteiger partial charge in [0, 0.05) is 19.6 Å². The SMILES string of the molecule is CCC(C(N)=S)N1CCCN(C)CC1. The average molecular weight is 215 g/mol. The Morgan fingerprint density at radius 3 is 2.64 bits per heavy atom. The molecule has 0 amide bonds. The van der Waals surface area contributed by atoms with E-state index in [0.29, 0.717) is 11.0 Å². The highest BCUT2D eigenvalue weighted by atomic mass is 32.1. The fraction of sp³-hybridized carbons (Fsp3) is 0.900. The molecule has 0 aromatic rings. The van der Waals surface area contributed by atoms with E-state index in [9.17, 15) is 0 Å². The molecule has 1 heterocycles. The summed E-state index contributed by atoms with van der Waals surface area (Å²) in [6, 6.07) is 0.302. The van der Waals surface area contributed by atoms with E-state index >= 15 is 0 Å². The summed E-state index contributed by atoms with van der Waals surface area (Å²) in [5.74, 6) is 0. The summed E-state index contributed by atoms with van der Waals surface area (Å²) in [6.45, 7) is 6.67. The Hall–Kier alpha value is -0.190. The van der Waals surface area contributed by atoms with Crippen LogP contribution in [0, 0.1) is 0 Å². The molecule has 0 aromatic heterocycles. The third-order valence-corrected chi connectivity index (χ3v) is 3.18. The Balaban J connectivity index is 2.53. The molecule has 1 atom stereocenters. The highest BCUT2D eigenvalue weighted by molar-refractivity contribution is 7.80. The maximum atomic E-state index is 5.74. The molecule has 1 saturated heterocycles. The van der Waals surface area contributed by atoms with Crippen LogP contribution in [0.5, 0.6) is 0 Å². The van der Waals surface area contributed by atoms with Crippen LogP contribution in [0.25, 0.3) is 0 Å². The molecule has 1 aliphatic rings. The molecule has 0 aliphatic carbocycles. The van der Waals surface area contributed by atoms with Gasteiger partial charge in [-0.3, -0.25) is 4.90 Å². The first-order valence-electron chi connectivity index (χ1n) is 5.37. The second kappa shape index (κ2) is 5.63. The van der Waals surface area contributed by atoms with Crippen LogP contribution in [0.15, 0.2) is 0 Å². The van der Waals surface area contributed by atoms with Crippen LogP contribution < -0.4 is 5.73 Å². The fourth-order valence-corrected chi connectivity index (χ4v) is 2.33. The second-order valence-corrected chi connectivity index (χ2v) is 4.49. The first-order chi connectivity index (χ1) is 6.65. The minimum absolute atomic E-state index is 0.302. The summed E-state index contributed by atoms with van der Waals surface area (Å²) >= 11 is 5.09. The fourth-order valence-electron chi connectivity index (χ4n) is 2.02. The number of likely N-dealkylation sites (N-methyl/N-ethyl adjacent to an activating group) is 1. The van der Waals surface area contributed by atoms with Crippen LogP contribution in [-0.4, -0.2) is 54.1 Å². The number of hydrogen-bond donors (Lipinski definition) is 1. The minimum Gasteiger partial charge on any atom is -0.392 e. The number of thiocarbonyl (C=S) groups is 1. The summed E-state index contributed by atoms with van der Waals surface area (Å²) in [4.78, 5) is 5.44. The van der Waals surface area contributed by atoms with Crippen LogP contribution in [0.2, 0.25) is 0 Å². The zero-order valence-corrected chi connectivity index (χ0v) is 10.0. The van der Waals surface area contributed by atoms with Crippen LogP contribution in [-0.2, 0) is 0 Å². The summed E-state index contributed by atoms with van der Waals surface area (Å²) in [5, 5.41) is 0. The van der Waals surface area contributed by atoms with Crippen molar-refractivity contribution in [2.45, 2.75) is 25.8 Å². The van der Waals surface area contributed by atoms with E-state index < -0.39 is 0 Å². The standard InChI is InChI=1S/C10H21N3S/c1-3-9(10(11)14)13-6-4-5-12(2)7-8-13/h9H,3-8H2,1-2H3,(H2,11,14). The lowest BCUT2D eigenvalue weighted by Gasteiger charge is -2.28. The van der Waals surface area contributed by atoms with Gasteiger partial charge in [0.05, 0.1) is 11.0 Å². The smallest absolute Gasteiger partial charge is 0.0901 e. The average Bonchev–Trinajstić information content (AvgIpc) is 2.32. The molecule has 0 bridgehead atoms. The zero-order chi connectivity index (χ0) is 10.6. The number of rotatable bonds is 3. The first-order valence-corrected chi connectivity index (χ1v) is 5.78. The summed E-state index contributed by atoms with van der Waals surface area (Å²) < 4.78 is 0. The first kappa shape index (κ1) is 11.9. The van der Waals surface area contributed by atoms with E-state index in [1.807, 2.05) is 0 Å². The molecule has 2 N–H and O–H groups in total. The predicted octanol–water partition coefficient (Wildman–Crippen LogP) is 0.689. The van der Waals surface area contributed by atoms with Gasteiger partial charge in [0.1, 0.15) is 0 Å². The van der Waals surface area contributed by atoms with Crippen molar-refractivity contribution < 1.29 is 0 Å². The van der Waals surface area contributed by atoms with Crippen molar-refractivity contribution in [3.8, 4) is 0 Å². The van der Waals surface area contributed by atoms with Gasteiger partial charge >= 0.3 is 0 Å². The lowest BCUT2D eigenvalue weighted by atomic mass is 10.2. The summed E-state index contributed by atoms with van der Waals surface area (Å²) in [7, 11) is 2.17. The van der Waals surface area contributed by atoms with Gasteiger partial charge in [-0.05, 0) is 26.4 Å². The van der Waals surface area contributed by atoms with Crippen LogP contribution in [0.1, 0.15) is 19.8 Å². The molecular weight excluding hydrogens is 194 g/mol. The third kappa shape index (κ3) is 3.19. The van der Waals surface area contributed by atoms with E-state index in [-0.39, 0.29) is 0 Å². The Labute approximate surface area is 92.2 Å². The van der Waals surface area contributed by atoms with Crippen molar-refractivity contribution in [1.82, 2.24) is 9.80 Å². The summed E-state index contributed by atoms with van der Waals surface area (Å²) in [5.41, 5.74) is 5.74. The predicted molar refractivity (Wildman–Crippen MR) is 64.6 cm³/mol. The van der Waals surface area contributed by atoms with Gasteiger partial charge in [-0.25, -0.2) is 0 Å². The Morgan fingerprint density at radius 2 is 2.07 bits per heavy atom. The third-order valence-electron chi connectivity index (χ3n) is 2.91. The van der Waals surface area contributed by atoms with Crippen molar-refractivity contribution in [2.75, 3.05) is 33.2 Å².